The number of benzene rings is 3. The van der Waals surface area contributed by atoms with Crippen molar-refractivity contribution in [2.45, 2.75) is 65.5 Å². The van der Waals surface area contributed by atoms with E-state index >= 15 is 0 Å². The van der Waals surface area contributed by atoms with E-state index < -0.39 is 62.6 Å². The molecule has 0 aliphatic heterocycles. The molecule has 220 valence electrons. The SMILES string of the molecule is C[SiH](C)O[Si](O[SiH](C)C)(O[SiH](C)C)c1ccccc1.C[SiH](C)O[Si](O[SiH](C)C)(c1ccccc1)c1ccccc1. The van der Waals surface area contributed by atoms with Crippen molar-refractivity contribution < 1.29 is 20.6 Å². The highest BCUT2D eigenvalue weighted by atomic mass is 28.5. The summed E-state index contributed by atoms with van der Waals surface area (Å²) in [6.45, 7) is 22.0. The number of hydrogen-bond donors (Lipinski definition) is 0. The molecule has 3 aromatic carbocycles. The monoisotopic (exact) mass is 662 g/mol. The molecule has 0 aliphatic carbocycles. The fourth-order valence-corrected chi connectivity index (χ4v) is 26.0. The van der Waals surface area contributed by atoms with E-state index in [-0.39, 0.29) is 0 Å². The molecule has 0 heterocycles. The normalized spacial score (nSPS) is 12.4. The zero-order valence-electron chi connectivity index (χ0n) is 26.1. The topological polar surface area (TPSA) is 46.2 Å². The molecule has 0 aromatic heterocycles. The van der Waals surface area contributed by atoms with Crippen molar-refractivity contribution in [1.29, 1.82) is 0 Å². The molecule has 12 heteroatoms. The summed E-state index contributed by atoms with van der Waals surface area (Å²) in [5.74, 6) is 0. The molecule has 0 aliphatic rings. The van der Waals surface area contributed by atoms with Gasteiger partial charge in [0.2, 0.25) is 0 Å². The molecule has 0 amide bonds. The second-order valence-corrected chi connectivity index (χ2v) is 30.4. The van der Waals surface area contributed by atoms with Crippen LogP contribution in [0.5, 0.6) is 0 Å². The van der Waals surface area contributed by atoms with E-state index in [0.717, 1.165) is 5.19 Å². The number of hydrogen-bond acceptors (Lipinski definition) is 5. The zero-order chi connectivity index (χ0) is 29.8. The first-order valence-electron chi connectivity index (χ1n) is 14.5. The van der Waals surface area contributed by atoms with E-state index in [1.54, 1.807) is 0 Å². The summed E-state index contributed by atoms with van der Waals surface area (Å²) in [5, 5.41) is 3.57. The Labute approximate surface area is 254 Å². The van der Waals surface area contributed by atoms with Gasteiger partial charge in [-0.1, -0.05) is 91.0 Å². The lowest BCUT2D eigenvalue weighted by Crippen LogP contribution is -2.66. The molecular weight excluding hydrogens is 613 g/mol. The van der Waals surface area contributed by atoms with Crippen LogP contribution in [-0.4, -0.2) is 62.6 Å². The van der Waals surface area contributed by atoms with Gasteiger partial charge in [0.05, 0.1) is 0 Å². The molecule has 0 bridgehead atoms. The predicted molar refractivity (Wildman–Crippen MR) is 190 cm³/mol. The van der Waals surface area contributed by atoms with Gasteiger partial charge in [-0.25, -0.2) is 0 Å². The van der Waals surface area contributed by atoms with Crippen LogP contribution in [-0.2, 0) is 20.6 Å². The highest BCUT2D eigenvalue weighted by Crippen LogP contribution is 2.16. The van der Waals surface area contributed by atoms with Crippen LogP contribution in [0.25, 0.3) is 0 Å². The van der Waals surface area contributed by atoms with Crippen LogP contribution >= 0.6 is 0 Å². The second-order valence-electron chi connectivity index (χ2n) is 11.1. The Morgan fingerprint density at radius 1 is 0.350 bits per heavy atom. The quantitative estimate of drug-likeness (QED) is 0.259. The Morgan fingerprint density at radius 3 is 0.850 bits per heavy atom. The summed E-state index contributed by atoms with van der Waals surface area (Å²) >= 11 is 0. The van der Waals surface area contributed by atoms with Crippen molar-refractivity contribution in [3.05, 3.63) is 91.0 Å². The fraction of sp³-hybridized carbons (Fsp3) is 0.357. The van der Waals surface area contributed by atoms with E-state index in [1.807, 2.05) is 30.3 Å². The van der Waals surface area contributed by atoms with Crippen molar-refractivity contribution >= 4 is 78.1 Å². The van der Waals surface area contributed by atoms with E-state index in [1.165, 1.54) is 10.4 Å². The van der Waals surface area contributed by atoms with Gasteiger partial charge in [0, 0.05) is 5.19 Å². The maximum absolute atomic E-state index is 6.61. The number of rotatable bonds is 13. The molecule has 0 unspecified atom stereocenters. The molecular formula is C28H50O5Si7. The Bertz CT molecular complexity index is 1010. The van der Waals surface area contributed by atoms with Crippen LogP contribution in [0.15, 0.2) is 91.0 Å². The molecule has 40 heavy (non-hydrogen) atoms. The van der Waals surface area contributed by atoms with Gasteiger partial charge >= 0.3 is 17.4 Å². The third-order valence-electron chi connectivity index (χ3n) is 5.41. The van der Waals surface area contributed by atoms with Crippen molar-refractivity contribution in [1.82, 2.24) is 0 Å². The Morgan fingerprint density at radius 2 is 0.600 bits per heavy atom. The Hall–Kier alpha value is -1.02. The highest BCUT2D eigenvalue weighted by Gasteiger charge is 2.45. The summed E-state index contributed by atoms with van der Waals surface area (Å²) in [6, 6.07) is 31.3. The van der Waals surface area contributed by atoms with Crippen molar-refractivity contribution in [2.75, 3.05) is 0 Å². The van der Waals surface area contributed by atoms with Crippen molar-refractivity contribution in [2.24, 2.45) is 0 Å². The average Bonchev–Trinajstić information content (AvgIpc) is 2.88. The summed E-state index contributed by atoms with van der Waals surface area (Å²) in [7, 11) is -11.4. The standard InChI is InChI=1S/C16H24O2Si3.C12H26O3Si4/c1-19(2)17-21(18-20(3)4,15-11-7-5-8-12-15)16-13-9-6-10-14-16;1-16(2)13-19(14-17(3)4,15-18(5)6)12-10-8-7-9-11-12/h5-14,19-20H,1-4H3;7-11,16-18H,1-6H3. The van der Waals surface area contributed by atoms with Crippen LogP contribution in [0.3, 0.4) is 0 Å². The van der Waals surface area contributed by atoms with Crippen molar-refractivity contribution in [3.63, 3.8) is 0 Å². The smallest absolute Gasteiger partial charge is 0.433 e. The summed E-state index contributed by atoms with van der Waals surface area (Å²) < 4.78 is 32.3. The summed E-state index contributed by atoms with van der Waals surface area (Å²) in [5.41, 5.74) is 0. The largest absolute Gasteiger partial charge is 0.505 e. The van der Waals surface area contributed by atoms with Gasteiger partial charge in [-0.3, -0.25) is 0 Å². The van der Waals surface area contributed by atoms with E-state index in [4.69, 9.17) is 20.6 Å². The summed E-state index contributed by atoms with van der Waals surface area (Å²) in [4.78, 5) is 0. The first-order valence-corrected chi connectivity index (χ1v) is 31.9. The third kappa shape index (κ3) is 11.0. The van der Waals surface area contributed by atoms with E-state index in [2.05, 4.69) is 126 Å². The van der Waals surface area contributed by atoms with Crippen LogP contribution in [0.4, 0.5) is 0 Å². The van der Waals surface area contributed by atoms with Gasteiger partial charge in [-0.2, -0.15) is 0 Å². The van der Waals surface area contributed by atoms with Crippen LogP contribution in [0.2, 0.25) is 65.5 Å². The molecule has 0 fully saturated rings. The fourth-order valence-electron chi connectivity index (χ4n) is 4.31. The Balaban J connectivity index is 0.000000282. The first-order chi connectivity index (χ1) is 18.9. The van der Waals surface area contributed by atoms with Gasteiger partial charge in [0.1, 0.15) is 0 Å². The van der Waals surface area contributed by atoms with Gasteiger partial charge in [-0.05, 0) is 75.8 Å². The lowest BCUT2D eigenvalue weighted by atomic mass is 10.4. The van der Waals surface area contributed by atoms with Crippen molar-refractivity contribution in [3.8, 4) is 0 Å². The minimum Gasteiger partial charge on any atom is -0.433 e. The first kappa shape index (κ1) is 35.2. The van der Waals surface area contributed by atoms with Gasteiger partial charge in [-0.15, -0.1) is 0 Å². The van der Waals surface area contributed by atoms with Gasteiger partial charge < -0.3 is 20.6 Å². The molecule has 0 N–H and O–H groups in total. The molecule has 0 radical (unpaired) electrons. The maximum atomic E-state index is 6.61. The second kappa shape index (κ2) is 17.2. The molecule has 3 aromatic rings. The molecule has 3 rings (SSSR count). The van der Waals surface area contributed by atoms with E-state index in [0.29, 0.717) is 0 Å². The minimum atomic E-state index is -2.68. The van der Waals surface area contributed by atoms with E-state index in [9.17, 15) is 0 Å². The molecule has 0 saturated carbocycles. The maximum Gasteiger partial charge on any atom is 0.505 e. The summed E-state index contributed by atoms with van der Waals surface area (Å²) in [6.07, 6.45) is 0. The average molecular weight is 663 g/mol. The van der Waals surface area contributed by atoms with Gasteiger partial charge in [0.25, 0.3) is 0 Å². The highest BCUT2D eigenvalue weighted by molar-refractivity contribution is 6.98. The van der Waals surface area contributed by atoms with Crippen LogP contribution in [0, 0.1) is 0 Å². The molecule has 0 spiro atoms. The zero-order valence-corrected chi connectivity index (χ0v) is 33.9. The van der Waals surface area contributed by atoms with Crippen LogP contribution in [0.1, 0.15) is 0 Å². The Kier molecular flexibility index (Phi) is 15.1. The lowest BCUT2D eigenvalue weighted by molar-refractivity contribution is 0.290. The minimum absolute atomic E-state index is 1.12. The third-order valence-corrected chi connectivity index (χ3v) is 24.4. The predicted octanol–water partition coefficient (Wildman–Crippen LogP) is 4.08. The van der Waals surface area contributed by atoms with Gasteiger partial charge in [0.15, 0.2) is 45.2 Å². The molecule has 0 atom stereocenters. The molecule has 5 nitrogen and oxygen atoms in total. The molecule has 0 saturated heterocycles. The van der Waals surface area contributed by atoms with Crippen LogP contribution < -0.4 is 15.6 Å². The lowest BCUT2D eigenvalue weighted by Gasteiger charge is -2.35.